The second kappa shape index (κ2) is 9.56. The number of likely N-dealkylation sites (tertiary alicyclic amines) is 1. The summed E-state index contributed by atoms with van der Waals surface area (Å²) in [5, 5.41) is 5.86. The van der Waals surface area contributed by atoms with Crippen LogP contribution in [0.5, 0.6) is 0 Å². The van der Waals surface area contributed by atoms with Gasteiger partial charge in [-0.25, -0.2) is 4.79 Å². The Balaban J connectivity index is 1.51. The van der Waals surface area contributed by atoms with Gasteiger partial charge in [-0.3, -0.25) is 0 Å². The molecule has 1 aromatic carbocycles. The molecule has 0 radical (unpaired) electrons. The van der Waals surface area contributed by atoms with Gasteiger partial charge in [-0.1, -0.05) is 36.8 Å². The van der Waals surface area contributed by atoms with Crippen molar-refractivity contribution in [1.82, 2.24) is 15.5 Å². The molecule has 2 rings (SSSR count). The Morgan fingerprint density at radius 1 is 1.30 bits per heavy atom. The van der Waals surface area contributed by atoms with Crippen LogP contribution in [0.2, 0.25) is 0 Å². The predicted octanol–water partition coefficient (Wildman–Crippen LogP) is 3.31. The molecule has 0 bridgehead atoms. The van der Waals surface area contributed by atoms with Gasteiger partial charge in [0, 0.05) is 19.6 Å². The summed E-state index contributed by atoms with van der Waals surface area (Å²) < 4.78 is 0. The van der Waals surface area contributed by atoms with E-state index in [9.17, 15) is 4.79 Å². The number of rotatable bonds is 7. The van der Waals surface area contributed by atoms with E-state index >= 15 is 0 Å². The molecule has 1 aliphatic rings. The Bertz CT molecular complexity index is 489. The van der Waals surface area contributed by atoms with E-state index in [1.54, 1.807) is 0 Å². The molecule has 4 nitrogen and oxygen atoms in total. The SMILES string of the molecule is Cc1cccc(CNC(=O)NCCCCN2CCC[C@@H](C)C2)c1. The maximum atomic E-state index is 11.8. The van der Waals surface area contributed by atoms with Crippen molar-refractivity contribution in [2.45, 2.75) is 46.1 Å². The number of carbonyl (C=O) groups excluding carboxylic acids is 1. The van der Waals surface area contributed by atoms with Crippen molar-refractivity contribution in [2.24, 2.45) is 5.92 Å². The fourth-order valence-electron chi connectivity index (χ4n) is 3.22. The number of amides is 2. The summed E-state index contributed by atoms with van der Waals surface area (Å²) in [6.45, 7) is 9.39. The molecular weight excluding hydrogens is 286 g/mol. The van der Waals surface area contributed by atoms with Gasteiger partial charge >= 0.3 is 6.03 Å². The Kier molecular flexibility index (Phi) is 7.40. The number of aryl methyl sites for hydroxylation is 1. The Hall–Kier alpha value is -1.55. The second-order valence-electron chi connectivity index (χ2n) is 6.85. The monoisotopic (exact) mass is 317 g/mol. The molecule has 1 atom stereocenters. The number of hydrogen-bond acceptors (Lipinski definition) is 2. The lowest BCUT2D eigenvalue weighted by Crippen LogP contribution is -2.37. The smallest absolute Gasteiger partial charge is 0.315 e. The topological polar surface area (TPSA) is 44.4 Å². The standard InChI is InChI=1S/C19H31N3O/c1-16-7-5-9-18(13-16)14-21-19(23)20-10-3-4-11-22-12-6-8-17(2)15-22/h5,7,9,13,17H,3-4,6,8,10-12,14-15H2,1-2H3,(H2,20,21,23)/t17-/m1/s1. The molecule has 23 heavy (non-hydrogen) atoms. The van der Waals surface area contributed by atoms with Gasteiger partial charge in [0.05, 0.1) is 0 Å². The first-order valence-electron chi connectivity index (χ1n) is 8.93. The zero-order valence-electron chi connectivity index (χ0n) is 14.6. The van der Waals surface area contributed by atoms with Gasteiger partial charge in [0.25, 0.3) is 0 Å². The predicted molar refractivity (Wildman–Crippen MR) is 95.5 cm³/mol. The van der Waals surface area contributed by atoms with Gasteiger partial charge in [0.1, 0.15) is 0 Å². The highest BCUT2D eigenvalue weighted by Gasteiger charge is 2.15. The third-order valence-electron chi connectivity index (χ3n) is 4.46. The molecular formula is C19H31N3O. The first kappa shape index (κ1) is 17.8. The van der Waals surface area contributed by atoms with E-state index in [0.717, 1.165) is 37.4 Å². The number of benzene rings is 1. The maximum Gasteiger partial charge on any atom is 0.315 e. The summed E-state index contributed by atoms with van der Waals surface area (Å²) in [6, 6.07) is 8.14. The van der Waals surface area contributed by atoms with Crippen LogP contribution in [-0.4, -0.2) is 37.1 Å². The molecule has 2 amide bonds. The van der Waals surface area contributed by atoms with Gasteiger partial charge in [-0.15, -0.1) is 0 Å². The largest absolute Gasteiger partial charge is 0.338 e. The third kappa shape index (κ3) is 7.04. The molecule has 0 spiro atoms. The summed E-state index contributed by atoms with van der Waals surface area (Å²) in [7, 11) is 0. The number of piperidine rings is 1. The lowest BCUT2D eigenvalue weighted by Gasteiger charge is -2.30. The normalized spacial score (nSPS) is 18.6. The molecule has 1 fully saturated rings. The van der Waals surface area contributed by atoms with E-state index < -0.39 is 0 Å². The lowest BCUT2D eigenvalue weighted by atomic mass is 10.0. The molecule has 0 saturated carbocycles. The fraction of sp³-hybridized carbons (Fsp3) is 0.632. The van der Waals surface area contributed by atoms with Gasteiger partial charge in [0.15, 0.2) is 0 Å². The number of urea groups is 1. The molecule has 1 heterocycles. The van der Waals surface area contributed by atoms with Gasteiger partial charge in [-0.05, 0) is 57.2 Å². The lowest BCUT2D eigenvalue weighted by molar-refractivity contribution is 0.181. The van der Waals surface area contributed by atoms with E-state index in [1.807, 2.05) is 12.1 Å². The van der Waals surface area contributed by atoms with Gasteiger partial charge in [-0.2, -0.15) is 0 Å². The minimum Gasteiger partial charge on any atom is -0.338 e. The van der Waals surface area contributed by atoms with Gasteiger partial charge < -0.3 is 15.5 Å². The first-order valence-corrected chi connectivity index (χ1v) is 8.93. The van der Waals surface area contributed by atoms with E-state index in [4.69, 9.17) is 0 Å². The van der Waals surface area contributed by atoms with Crippen molar-refractivity contribution in [2.75, 3.05) is 26.2 Å². The van der Waals surface area contributed by atoms with Crippen LogP contribution >= 0.6 is 0 Å². The third-order valence-corrected chi connectivity index (χ3v) is 4.46. The minimum atomic E-state index is -0.0712. The highest BCUT2D eigenvalue weighted by Crippen LogP contribution is 2.15. The van der Waals surface area contributed by atoms with Crippen LogP contribution in [0, 0.1) is 12.8 Å². The average Bonchev–Trinajstić information content (AvgIpc) is 2.53. The Morgan fingerprint density at radius 2 is 2.17 bits per heavy atom. The van der Waals surface area contributed by atoms with Crippen molar-refractivity contribution in [3.05, 3.63) is 35.4 Å². The summed E-state index contributed by atoms with van der Waals surface area (Å²) in [6.07, 6.45) is 4.91. The summed E-state index contributed by atoms with van der Waals surface area (Å²) in [5.41, 5.74) is 2.36. The van der Waals surface area contributed by atoms with Crippen LogP contribution in [-0.2, 0) is 6.54 Å². The molecule has 0 aliphatic carbocycles. The van der Waals surface area contributed by atoms with E-state index in [2.05, 4.69) is 41.5 Å². The van der Waals surface area contributed by atoms with E-state index in [1.165, 1.54) is 31.5 Å². The van der Waals surface area contributed by atoms with Crippen LogP contribution in [0.1, 0.15) is 43.7 Å². The summed E-state index contributed by atoms with van der Waals surface area (Å²) >= 11 is 0. The number of carbonyl (C=O) groups is 1. The van der Waals surface area contributed by atoms with E-state index in [0.29, 0.717) is 6.54 Å². The van der Waals surface area contributed by atoms with Crippen LogP contribution in [0.4, 0.5) is 4.79 Å². The number of nitrogens with zero attached hydrogens (tertiary/aromatic N) is 1. The molecule has 4 heteroatoms. The zero-order chi connectivity index (χ0) is 16.5. The molecule has 1 aromatic rings. The molecule has 1 saturated heterocycles. The van der Waals surface area contributed by atoms with E-state index in [-0.39, 0.29) is 6.03 Å². The molecule has 0 aromatic heterocycles. The van der Waals surface area contributed by atoms with Crippen molar-refractivity contribution in [3.8, 4) is 0 Å². The first-order chi connectivity index (χ1) is 11.1. The second-order valence-corrected chi connectivity index (χ2v) is 6.85. The molecule has 0 unspecified atom stereocenters. The fourth-order valence-corrected chi connectivity index (χ4v) is 3.22. The van der Waals surface area contributed by atoms with Gasteiger partial charge in [0.2, 0.25) is 0 Å². The Morgan fingerprint density at radius 3 is 2.96 bits per heavy atom. The quantitative estimate of drug-likeness (QED) is 0.758. The van der Waals surface area contributed by atoms with Crippen LogP contribution < -0.4 is 10.6 Å². The number of unbranched alkanes of at least 4 members (excludes halogenated alkanes) is 1. The molecule has 2 N–H and O–H groups in total. The maximum absolute atomic E-state index is 11.8. The van der Waals surface area contributed by atoms with Crippen molar-refractivity contribution in [1.29, 1.82) is 0 Å². The van der Waals surface area contributed by atoms with Crippen LogP contribution in [0.3, 0.4) is 0 Å². The molecule has 1 aliphatic heterocycles. The number of nitrogens with one attached hydrogen (secondary N) is 2. The highest BCUT2D eigenvalue weighted by molar-refractivity contribution is 5.73. The summed E-state index contributed by atoms with van der Waals surface area (Å²) in [4.78, 5) is 14.3. The average molecular weight is 317 g/mol. The summed E-state index contributed by atoms with van der Waals surface area (Å²) in [5.74, 6) is 0.842. The Labute approximate surface area is 140 Å². The number of hydrogen-bond donors (Lipinski definition) is 2. The zero-order valence-corrected chi connectivity index (χ0v) is 14.6. The minimum absolute atomic E-state index is 0.0712. The van der Waals surface area contributed by atoms with Crippen LogP contribution in [0.25, 0.3) is 0 Å². The van der Waals surface area contributed by atoms with Crippen molar-refractivity contribution in [3.63, 3.8) is 0 Å². The molecule has 128 valence electrons. The van der Waals surface area contributed by atoms with Crippen LogP contribution in [0.15, 0.2) is 24.3 Å². The van der Waals surface area contributed by atoms with Crippen molar-refractivity contribution < 1.29 is 4.79 Å². The highest BCUT2D eigenvalue weighted by atomic mass is 16.2. The van der Waals surface area contributed by atoms with Crippen molar-refractivity contribution >= 4 is 6.03 Å².